The van der Waals surface area contributed by atoms with Gasteiger partial charge in [-0.3, -0.25) is 4.79 Å². The van der Waals surface area contributed by atoms with Crippen molar-refractivity contribution in [1.82, 2.24) is 9.97 Å². The third-order valence-electron chi connectivity index (χ3n) is 4.53. The molecule has 0 radical (unpaired) electrons. The van der Waals surface area contributed by atoms with Crippen LogP contribution in [-0.2, 0) is 22.6 Å². The number of carbonyl (C=O) groups is 1. The number of fused-ring (bicyclic) bond motifs is 2. The number of para-hydroxylation sites is 2. The van der Waals surface area contributed by atoms with Crippen molar-refractivity contribution in [2.24, 2.45) is 0 Å². The van der Waals surface area contributed by atoms with E-state index in [-0.39, 0.29) is 19.0 Å². The zero-order chi connectivity index (χ0) is 18.1. The molecule has 2 aromatic carbocycles. The lowest BCUT2D eigenvalue weighted by Gasteiger charge is -2.10. The highest BCUT2D eigenvalue weighted by Crippen LogP contribution is 2.27. The number of ether oxygens (including phenoxy) is 1. The lowest BCUT2D eigenvalue weighted by atomic mass is 10.1. The number of aryl methyl sites for hydroxylation is 1. The summed E-state index contributed by atoms with van der Waals surface area (Å²) in [7, 11) is 0. The Morgan fingerprint density at radius 2 is 1.85 bits per heavy atom. The Morgan fingerprint density at radius 3 is 2.69 bits per heavy atom. The number of rotatable bonds is 4. The van der Waals surface area contributed by atoms with Crippen LogP contribution in [-0.4, -0.2) is 15.9 Å². The zero-order valence-electron chi connectivity index (χ0n) is 14.3. The molecule has 4 rings (SSSR count). The number of nitrogens with zero attached hydrogens (tertiary/aromatic N) is 1. The summed E-state index contributed by atoms with van der Waals surface area (Å²) < 4.78 is 5.44. The number of benzene rings is 2. The number of pyridine rings is 1. The van der Waals surface area contributed by atoms with Crippen LogP contribution < -0.4 is 0 Å². The number of nitrogens with one attached hydrogen (secondary N) is 1. The maximum atomic E-state index is 12.3. The Balaban J connectivity index is 1.51. The molecule has 0 saturated carbocycles. The average Bonchev–Trinajstić information content (AvgIpc) is 3.06. The maximum absolute atomic E-state index is 12.3. The highest BCUT2D eigenvalue weighted by molar-refractivity contribution is 6.32. The van der Waals surface area contributed by atoms with Gasteiger partial charge >= 0.3 is 5.97 Å². The molecule has 0 atom stereocenters. The van der Waals surface area contributed by atoms with E-state index in [2.05, 4.69) is 9.97 Å². The molecule has 0 aliphatic carbocycles. The number of carbonyl (C=O) groups excluding carboxylic acids is 1. The van der Waals surface area contributed by atoms with Crippen molar-refractivity contribution in [3.8, 4) is 0 Å². The van der Waals surface area contributed by atoms with Gasteiger partial charge in [0.25, 0.3) is 0 Å². The number of aromatic nitrogens is 2. The normalized spacial score (nSPS) is 11.2. The second-order valence-electron chi connectivity index (χ2n) is 6.21. The molecule has 2 heterocycles. The molecule has 1 N–H and O–H groups in total. The van der Waals surface area contributed by atoms with Gasteiger partial charge in [-0.05, 0) is 30.2 Å². The van der Waals surface area contributed by atoms with Gasteiger partial charge in [0.2, 0.25) is 0 Å². The Hall–Kier alpha value is -2.85. The van der Waals surface area contributed by atoms with Crippen molar-refractivity contribution in [2.45, 2.75) is 20.0 Å². The number of esters is 1. The van der Waals surface area contributed by atoms with Gasteiger partial charge in [0, 0.05) is 22.5 Å². The van der Waals surface area contributed by atoms with Gasteiger partial charge in [0.15, 0.2) is 0 Å². The van der Waals surface area contributed by atoms with Crippen molar-refractivity contribution >= 4 is 39.4 Å². The van der Waals surface area contributed by atoms with Crippen molar-refractivity contribution in [1.29, 1.82) is 0 Å². The number of hydrogen-bond donors (Lipinski definition) is 1. The van der Waals surface area contributed by atoms with Gasteiger partial charge in [-0.15, -0.1) is 0 Å². The largest absolute Gasteiger partial charge is 0.459 e. The Bertz CT molecular complexity index is 1120. The summed E-state index contributed by atoms with van der Waals surface area (Å²) in [6, 6.07) is 15.7. The minimum absolute atomic E-state index is 0.0612. The summed E-state index contributed by atoms with van der Waals surface area (Å²) in [5.74, 6) is -0.307. The van der Waals surface area contributed by atoms with Gasteiger partial charge in [0.05, 0.1) is 22.7 Å². The minimum atomic E-state index is -0.307. The summed E-state index contributed by atoms with van der Waals surface area (Å²) in [6.07, 6.45) is 2.05. The van der Waals surface area contributed by atoms with Gasteiger partial charge in [0.1, 0.15) is 6.61 Å². The molecule has 0 amide bonds. The molecule has 0 aliphatic heterocycles. The average molecular weight is 365 g/mol. The maximum Gasteiger partial charge on any atom is 0.310 e. The molecule has 26 heavy (non-hydrogen) atoms. The molecule has 0 unspecified atom stereocenters. The van der Waals surface area contributed by atoms with E-state index in [1.807, 2.05) is 61.7 Å². The monoisotopic (exact) mass is 364 g/mol. The number of halogens is 1. The van der Waals surface area contributed by atoms with Crippen molar-refractivity contribution in [3.63, 3.8) is 0 Å². The van der Waals surface area contributed by atoms with E-state index < -0.39 is 0 Å². The number of H-pyrrole nitrogens is 1. The van der Waals surface area contributed by atoms with Crippen LogP contribution in [0.5, 0.6) is 0 Å². The van der Waals surface area contributed by atoms with Crippen LogP contribution in [0.2, 0.25) is 5.02 Å². The van der Waals surface area contributed by atoms with E-state index in [0.717, 1.165) is 32.9 Å². The third-order valence-corrected chi connectivity index (χ3v) is 5.03. The lowest BCUT2D eigenvalue weighted by molar-refractivity contribution is -0.144. The second kappa shape index (κ2) is 6.81. The van der Waals surface area contributed by atoms with Crippen molar-refractivity contribution < 1.29 is 9.53 Å². The minimum Gasteiger partial charge on any atom is -0.459 e. The van der Waals surface area contributed by atoms with E-state index in [4.69, 9.17) is 16.3 Å². The Kier molecular flexibility index (Phi) is 4.35. The van der Waals surface area contributed by atoms with Crippen LogP contribution in [0.1, 0.15) is 16.8 Å². The molecule has 0 bridgehead atoms. The summed E-state index contributed by atoms with van der Waals surface area (Å²) in [5, 5.41) is 2.58. The molecule has 4 aromatic rings. The quantitative estimate of drug-likeness (QED) is 0.520. The molecule has 4 nitrogen and oxygen atoms in total. The first kappa shape index (κ1) is 16.6. The van der Waals surface area contributed by atoms with Crippen LogP contribution in [0.25, 0.3) is 21.8 Å². The van der Waals surface area contributed by atoms with Gasteiger partial charge in [-0.25, -0.2) is 4.98 Å². The van der Waals surface area contributed by atoms with E-state index in [1.165, 1.54) is 0 Å². The zero-order valence-corrected chi connectivity index (χ0v) is 15.0. The molecular formula is C21H17ClN2O2. The molecule has 0 fully saturated rings. The van der Waals surface area contributed by atoms with Crippen LogP contribution >= 0.6 is 11.6 Å². The van der Waals surface area contributed by atoms with Gasteiger partial charge in [-0.2, -0.15) is 0 Å². The predicted octanol–water partition coefficient (Wildman–Crippen LogP) is 4.96. The molecule has 130 valence electrons. The first-order chi connectivity index (χ1) is 12.6. The predicted molar refractivity (Wildman–Crippen MR) is 103 cm³/mol. The van der Waals surface area contributed by atoms with Gasteiger partial charge in [-0.1, -0.05) is 48.0 Å². The molecule has 5 heteroatoms. The fourth-order valence-corrected chi connectivity index (χ4v) is 3.34. The van der Waals surface area contributed by atoms with E-state index in [0.29, 0.717) is 10.7 Å². The first-order valence-corrected chi connectivity index (χ1v) is 8.75. The van der Waals surface area contributed by atoms with E-state index in [1.54, 1.807) is 0 Å². The van der Waals surface area contributed by atoms with Crippen molar-refractivity contribution in [2.75, 3.05) is 0 Å². The molecule has 0 aliphatic rings. The second-order valence-corrected chi connectivity index (χ2v) is 6.59. The molecule has 2 aromatic heterocycles. The summed E-state index contributed by atoms with van der Waals surface area (Å²) in [5.41, 5.74) is 4.29. The molecule has 0 spiro atoms. The third kappa shape index (κ3) is 3.04. The lowest BCUT2D eigenvalue weighted by Crippen LogP contribution is -2.09. The SMILES string of the molecule is Cc1c(Cl)c(COC(=O)Cc2c[nH]c3ccccc23)nc2ccccc12. The first-order valence-electron chi connectivity index (χ1n) is 8.38. The summed E-state index contributed by atoms with van der Waals surface area (Å²) in [4.78, 5) is 20.0. The topological polar surface area (TPSA) is 55.0 Å². The van der Waals surface area contributed by atoms with Crippen LogP contribution in [0.15, 0.2) is 54.7 Å². The summed E-state index contributed by atoms with van der Waals surface area (Å²) in [6.45, 7) is 2.01. The number of aromatic amines is 1. The Labute approximate surface area is 155 Å². The highest BCUT2D eigenvalue weighted by atomic mass is 35.5. The highest BCUT2D eigenvalue weighted by Gasteiger charge is 2.14. The summed E-state index contributed by atoms with van der Waals surface area (Å²) >= 11 is 6.42. The fraction of sp³-hybridized carbons (Fsp3) is 0.143. The standard InChI is InChI=1S/C21H17ClN2O2/c1-13-15-6-2-5-9-18(15)24-19(21(13)22)12-26-20(25)10-14-11-23-17-8-4-3-7-16(14)17/h2-9,11,23H,10,12H2,1H3. The van der Waals surface area contributed by atoms with E-state index in [9.17, 15) is 4.79 Å². The van der Waals surface area contributed by atoms with Gasteiger partial charge < -0.3 is 9.72 Å². The smallest absolute Gasteiger partial charge is 0.310 e. The Morgan fingerprint density at radius 1 is 1.12 bits per heavy atom. The fourth-order valence-electron chi connectivity index (χ4n) is 3.15. The van der Waals surface area contributed by atoms with Crippen LogP contribution in [0.3, 0.4) is 0 Å². The van der Waals surface area contributed by atoms with Crippen molar-refractivity contribution in [3.05, 3.63) is 76.6 Å². The molecule has 0 saturated heterocycles. The van der Waals surface area contributed by atoms with Crippen LogP contribution in [0.4, 0.5) is 0 Å². The molecular weight excluding hydrogens is 348 g/mol. The van der Waals surface area contributed by atoms with Crippen LogP contribution in [0, 0.1) is 6.92 Å². The number of hydrogen-bond acceptors (Lipinski definition) is 3. The van der Waals surface area contributed by atoms with E-state index >= 15 is 0 Å².